The van der Waals surface area contributed by atoms with Gasteiger partial charge in [-0.2, -0.15) is 0 Å². The van der Waals surface area contributed by atoms with Gasteiger partial charge in [0.05, 0.1) is 26.3 Å². The molecule has 4 rings (SSSR count). The fourth-order valence-corrected chi connectivity index (χ4v) is 6.14. The summed E-state index contributed by atoms with van der Waals surface area (Å²) in [4.78, 5) is 25.3. The summed E-state index contributed by atoms with van der Waals surface area (Å²) >= 11 is 0. The first kappa shape index (κ1) is 27.6. The van der Waals surface area contributed by atoms with Gasteiger partial charge in [-0.25, -0.2) is 0 Å². The van der Waals surface area contributed by atoms with E-state index >= 15 is 0 Å². The van der Waals surface area contributed by atoms with E-state index in [0.717, 1.165) is 21.5 Å². The molecule has 0 spiro atoms. The number of fused-ring (bicyclic) bond motifs is 2. The number of nitrogens with two attached hydrogens (primary N) is 2. The second-order valence-electron chi connectivity index (χ2n) is 8.56. The maximum atomic E-state index is 12.6. The predicted octanol–water partition coefficient (Wildman–Crippen LogP) is 4.62. The van der Waals surface area contributed by atoms with E-state index in [2.05, 4.69) is 10.6 Å². The Hall–Kier alpha value is -3.44. The van der Waals surface area contributed by atoms with Crippen molar-refractivity contribution < 1.29 is 19.1 Å². The lowest BCUT2D eigenvalue weighted by atomic mass is 10.1. The average Bonchev–Trinajstić information content (AvgIpc) is 2.93. The summed E-state index contributed by atoms with van der Waals surface area (Å²) < 4.78 is 10.9. The quantitative estimate of drug-likeness (QED) is 0.157. The van der Waals surface area contributed by atoms with Crippen molar-refractivity contribution in [1.82, 2.24) is 0 Å². The first-order valence-electron chi connectivity index (χ1n) is 11.9. The molecule has 0 bridgehead atoms. The Morgan fingerprint density at radius 3 is 1.50 bits per heavy atom. The molecule has 10 heteroatoms. The predicted molar refractivity (Wildman–Crippen MR) is 159 cm³/mol. The maximum absolute atomic E-state index is 12.6. The van der Waals surface area contributed by atoms with Crippen LogP contribution in [0, 0.1) is 0 Å². The summed E-state index contributed by atoms with van der Waals surface area (Å²) in [7, 11) is 5.98. The van der Waals surface area contributed by atoms with Crippen molar-refractivity contribution in [3.8, 4) is 11.5 Å². The first-order chi connectivity index (χ1) is 18.4. The van der Waals surface area contributed by atoms with Gasteiger partial charge in [0.25, 0.3) is 0 Å². The van der Waals surface area contributed by atoms with Crippen molar-refractivity contribution >= 4 is 66.3 Å². The molecule has 4 aromatic carbocycles. The molecule has 4 aromatic rings. The van der Waals surface area contributed by atoms with Crippen LogP contribution in [-0.4, -0.2) is 49.6 Å². The molecule has 0 heterocycles. The molecule has 0 unspecified atom stereocenters. The van der Waals surface area contributed by atoms with E-state index in [9.17, 15) is 9.59 Å². The number of nitrogens with one attached hydrogen (secondary N) is 2. The standard InChI is InChI=1S/C28H30N4O4S2/c1-35-25-13-19(11-17-7-3-5-9-21(17)25)31-27(33)23(29)15-37-38-16-24(30)28(34)32-20-12-18-8-4-6-10-22(18)26(14-20)36-2/h3-14,23-24H,15-16,29-30H2,1-2H3,(H,31,33)(H,32,34)/t23-,24-/m0/s1. The van der Waals surface area contributed by atoms with Crippen LogP contribution in [0.2, 0.25) is 0 Å². The van der Waals surface area contributed by atoms with Crippen molar-refractivity contribution in [2.75, 3.05) is 36.4 Å². The molecule has 0 radical (unpaired) electrons. The Kier molecular flexibility index (Phi) is 9.35. The maximum Gasteiger partial charge on any atom is 0.242 e. The van der Waals surface area contributed by atoms with Crippen LogP contribution < -0.4 is 31.6 Å². The zero-order chi connectivity index (χ0) is 27.1. The topological polar surface area (TPSA) is 129 Å². The lowest BCUT2D eigenvalue weighted by molar-refractivity contribution is -0.117. The highest BCUT2D eigenvalue weighted by molar-refractivity contribution is 8.76. The molecule has 0 aliphatic rings. The van der Waals surface area contributed by atoms with Crippen LogP contribution in [0.5, 0.6) is 11.5 Å². The molecule has 0 fully saturated rings. The van der Waals surface area contributed by atoms with E-state index in [-0.39, 0.29) is 11.8 Å². The van der Waals surface area contributed by atoms with E-state index in [0.29, 0.717) is 34.4 Å². The van der Waals surface area contributed by atoms with E-state index in [1.54, 1.807) is 26.4 Å². The van der Waals surface area contributed by atoms with Gasteiger partial charge in [0.1, 0.15) is 11.5 Å². The van der Waals surface area contributed by atoms with Gasteiger partial charge in [-0.15, -0.1) is 0 Å². The lowest BCUT2D eigenvalue weighted by Crippen LogP contribution is -2.38. The summed E-state index contributed by atoms with van der Waals surface area (Å²) in [5.41, 5.74) is 13.4. The molecule has 0 aliphatic carbocycles. The monoisotopic (exact) mass is 550 g/mol. The van der Waals surface area contributed by atoms with Gasteiger partial charge in [0.2, 0.25) is 11.8 Å². The Morgan fingerprint density at radius 1 is 0.711 bits per heavy atom. The van der Waals surface area contributed by atoms with Gasteiger partial charge in [0, 0.05) is 45.8 Å². The highest BCUT2D eigenvalue weighted by Crippen LogP contribution is 2.31. The number of methoxy groups -OCH3 is 2. The highest BCUT2D eigenvalue weighted by Gasteiger charge is 2.18. The normalized spacial score (nSPS) is 12.6. The van der Waals surface area contributed by atoms with Crippen molar-refractivity contribution in [2.24, 2.45) is 11.5 Å². The zero-order valence-corrected chi connectivity index (χ0v) is 22.7. The number of hydrogen-bond acceptors (Lipinski definition) is 8. The number of benzene rings is 4. The molecular weight excluding hydrogens is 520 g/mol. The Labute approximate surface area is 229 Å². The Morgan fingerprint density at radius 2 is 1.11 bits per heavy atom. The minimum atomic E-state index is -0.736. The molecule has 198 valence electrons. The summed E-state index contributed by atoms with van der Waals surface area (Å²) in [6.07, 6.45) is 0. The van der Waals surface area contributed by atoms with Crippen LogP contribution in [0.1, 0.15) is 0 Å². The smallest absolute Gasteiger partial charge is 0.242 e. The van der Waals surface area contributed by atoms with Crippen molar-refractivity contribution in [1.29, 1.82) is 0 Å². The summed E-state index contributed by atoms with van der Waals surface area (Å²) in [6, 6.07) is 21.4. The van der Waals surface area contributed by atoms with Crippen molar-refractivity contribution in [3.05, 3.63) is 72.8 Å². The van der Waals surface area contributed by atoms with Crippen molar-refractivity contribution in [2.45, 2.75) is 12.1 Å². The van der Waals surface area contributed by atoms with Gasteiger partial charge < -0.3 is 31.6 Å². The summed E-state index contributed by atoms with van der Waals surface area (Å²) in [5.74, 6) is 1.46. The van der Waals surface area contributed by atoms with Crippen molar-refractivity contribution in [3.63, 3.8) is 0 Å². The minimum absolute atomic E-state index is 0.303. The summed E-state index contributed by atoms with van der Waals surface area (Å²) in [5, 5.41) is 9.55. The minimum Gasteiger partial charge on any atom is -0.496 e. The molecular formula is C28H30N4O4S2. The van der Waals surface area contributed by atoms with Gasteiger partial charge >= 0.3 is 0 Å². The van der Waals surface area contributed by atoms with Crippen LogP contribution in [0.25, 0.3) is 21.5 Å². The number of ether oxygens (including phenoxy) is 2. The van der Waals surface area contributed by atoms with Crippen LogP contribution in [-0.2, 0) is 9.59 Å². The fourth-order valence-electron chi connectivity index (χ4n) is 3.90. The molecule has 0 aromatic heterocycles. The number of rotatable bonds is 11. The molecule has 0 saturated carbocycles. The van der Waals surface area contributed by atoms with Crippen LogP contribution in [0.3, 0.4) is 0 Å². The molecule has 0 aliphatic heterocycles. The summed E-state index contributed by atoms with van der Waals surface area (Å²) in [6.45, 7) is 0. The van der Waals surface area contributed by atoms with Gasteiger partial charge in [-0.1, -0.05) is 70.1 Å². The number of amides is 2. The first-order valence-corrected chi connectivity index (χ1v) is 14.4. The second kappa shape index (κ2) is 12.9. The number of carbonyl (C=O) groups is 2. The van der Waals surface area contributed by atoms with Gasteiger partial charge in [-0.3, -0.25) is 9.59 Å². The van der Waals surface area contributed by atoms with Crippen LogP contribution in [0.15, 0.2) is 72.8 Å². The Bertz CT molecular complexity index is 1340. The third-order valence-electron chi connectivity index (χ3n) is 5.87. The number of hydrogen-bond donors (Lipinski definition) is 4. The van der Waals surface area contributed by atoms with Crippen LogP contribution in [0.4, 0.5) is 11.4 Å². The van der Waals surface area contributed by atoms with Crippen LogP contribution >= 0.6 is 21.6 Å². The third kappa shape index (κ3) is 6.70. The van der Waals surface area contributed by atoms with Gasteiger partial charge in [-0.05, 0) is 22.9 Å². The second-order valence-corrected chi connectivity index (χ2v) is 11.1. The molecule has 0 saturated heterocycles. The zero-order valence-electron chi connectivity index (χ0n) is 21.1. The average molecular weight is 551 g/mol. The SMILES string of the molecule is COc1cc(NC(=O)[C@@H](N)CSSC[C@H](N)C(=O)Nc2cc(OC)c3ccccc3c2)cc2ccccc12. The largest absolute Gasteiger partial charge is 0.496 e. The van der Waals surface area contributed by atoms with E-state index in [1.807, 2.05) is 60.7 Å². The molecule has 2 atom stereocenters. The molecule has 8 nitrogen and oxygen atoms in total. The molecule has 2 amide bonds. The van der Waals surface area contributed by atoms with Gasteiger partial charge in [0.15, 0.2) is 0 Å². The third-order valence-corrected chi connectivity index (χ3v) is 8.35. The fraction of sp³-hybridized carbons (Fsp3) is 0.214. The van der Waals surface area contributed by atoms with E-state index < -0.39 is 12.1 Å². The highest BCUT2D eigenvalue weighted by atomic mass is 33.1. The Balaban J connectivity index is 1.24. The van der Waals surface area contributed by atoms with E-state index in [4.69, 9.17) is 20.9 Å². The number of anilines is 2. The molecule has 6 N–H and O–H groups in total. The number of carbonyl (C=O) groups excluding carboxylic acids is 2. The lowest BCUT2D eigenvalue weighted by Gasteiger charge is -2.15. The molecule has 38 heavy (non-hydrogen) atoms. The van der Waals surface area contributed by atoms with E-state index in [1.165, 1.54) is 21.6 Å².